The average molecular weight is 244 g/mol. The van der Waals surface area contributed by atoms with Gasteiger partial charge in [0, 0.05) is 15.4 Å². The number of hydrogen-bond donors (Lipinski definition) is 1. The van der Waals surface area contributed by atoms with Gasteiger partial charge in [-0.05, 0) is 46.3 Å². The van der Waals surface area contributed by atoms with Gasteiger partial charge >= 0.3 is 0 Å². The van der Waals surface area contributed by atoms with Crippen molar-refractivity contribution in [1.82, 2.24) is 0 Å². The summed E-state index contributed by atoms with van der Waals surface area (Å²) in [6, 6.07) is 2.49. The van der Waals surface area contributed by atoms with E-state index in [1.54, 1.807) is 11.3 Å². The van der Waals surface area contributed by atoms with Crippen molar-refractivity contribution in [2.75, 3.05) is 0 Å². The first kappa shape index (κ1) is 8.48. The van der Waals surface area contributed by atoms with Crippen LogP contribution in [0.1, 0.15) is 17.7 Å². The summed E-state index contributed by atoms with van der Waals surface area (Å²) in [7, 11) is 0. The van der Waals surface area contributed by atoms with Crippen molar-refractivity contribution in [1.29, 1.82) is 0 Å². The Hall–Kier alpha value is -0.120. The maximum Gasteiger partial charge on any atom is 0.0412 e. The Morgan fingerprint density at radius 2 is 2.33 bits per heavy atom. The second kappa shape index (κ2) is 3.32. The first-order valence-corrected chi connectivity index (χ1v) is 5.61. The summed E-state index contributed by atoms with van der Waals surface area (Å²) < 4.78 is 1.19. The topological polar surface area (TPSA) is 26.0 Å². The summed E-state index contributed by atoms with van der Waals surface area (Å²) in [5, 5.41) is 2.09. The smallest absolute Gasteiger partial charge is 0.0412 e. The SMILES string of the molecule is NC1CC(=Cc2sccc2Br)C1. The fourth-order valence-corrected chi connectivity index (χ4v) is 2.79. The highest BCUT2D eigenvalue weighted by Crippen LogP contribution is 2.31. The molecule has 1 heterocycles. The lowest BCUT2D eigenvalue weighted by Crippen LogP contribution is -2.29. The minimum Gasteiger partial charge on any atom is -0.327 e. The lowest BCUT2D eigenvalue weighted by atomic mass is 9.87. The highest BCUT2D eigenvalue weighted by Gasteiger charge is 2.18. The van der Waals surface area contributed by atoms with E-state index in [-0.39, 0.29) is 0 Å². The van der Waals surface area contributed by atoms with Crippen LogP contribution in [0, 0.1) is 0 Å². The summed E-state index contributed by atoms with van der Waals surface area (Å²) in [6.45, 7) is 0. The van der Waals surface area contributed by atoms with Gasteiger partial charge in [0.25, 0.3) is 0 Å². The molecule has 0 spiro atoms. The van der Waals surface area contributed by atoms with Crippen LogP contribution in [0.5, 0.6) is 0 Å². The molecule has 1 saturated carbocycles. The van der Waals surface area contributed by atoms with Gasteiger partial charge in [-0.2, -0.15) is 0 Å². The first-order chi connectivity index (χ1) is 5.75. The molecule has 2 N–H and O–H groups in total. The van der Waals surface area contributed by atoms with Gasteiger partial charge < -0.3 is 5.73 Å². The minimum atomic E-state index is 0.412. The molecule has 0 saturated heterocycles. The van der Waals surface area contributed by atoms with Crippen LogP contribution < -0.4 is 5.73 Å². The molecule has 64 valence electrons. The molecule has 1 fully saturated rings. The Bertz CT molecular complexity index is 308. The van der Waals surface area contributed by atoms with E-state index in [0.717, 1.165) is 12.8 Å². The third kappa shape index (κ3) is 1.63. The molecule has 3 heteroatoms. The van der Waals surface area contributed by atoms with Crippen molar-refractivity contribution in [3.63, 3.8) is 0 Å². The van der Waals surface area contributed by atoms with Gasteiger partial charge in [-0.25, -0.2) is 0 Å². The second-order valence-corrected chi connectivity index (χ2v) is 4.91. The lowest BCUT2D eigenvalue weighted by Gasteiger charge is -2.24. The van der Waals surface area contributed by atoms with E-state index < -0.39 is 0 Å². The fraction of sp³-hybridized carbons (Fsp3) is 0.333. The predicted molar refractivity (Wildman–Crippen MR) is 57.2 cm³/mol. The van der Waals surface area contributed by atoms with E-state index in [1.165, 1.54) is 14.9 Å². The monoisotopic (exact) mass is 243 g/mol. The van der Waals surface area contributed by atoms with Gasteiger partial charge in [0.05, 0.1) is 0 Å². The molecule has 1 aromatic heterocycles. The molecule has 0 amide bonds. The Balaban J connectivity index is 2.13. The molecule has 0 atom stereocenters. The van der Waals surface area contributed by atoms with Crippen molar-refractivity contribution in [2.24, 2.45) is 5.73 Å². The highest BCUT2D eigenvalue weighted by molar-refractivity contribution is 9.10. The fourth-order valence-electron chi connectivity index (χ4n) is 1.33. The maximum absolute atomic E-state index is 5.69. The largest absolute Gasteiger partial charge is 0.327 e. The molecule has 0 radical (unpaired) electrons. The highest BCUT2D eigenvalue weighted by atomic mass is 79.9. The summed E-state index contributed by atoms with van der Waals surface area (Å²) in [5.74, 6) is 0. The van der Waals surface area contributed by atoms with Crippen LogP contribution in [0.2, 0.25) is 0 Å². The summed E-state index contributed by atoms with van der Waals surface area (Å²) in [4.78, 5) is 1.32. The molecule has 0 bridgehead atoms. The zero-order valence-electron chi connectivity index (χ0n) is 6.59. The Morgan fingerprint density at radius 3 is 2.83 bits per heavy atom. The predicted octanol–water partition coefficient (Wildman–Crippen LogP) is 3.02. The number of nitrogens with two attached hydrogens (primary N) is 1. The number of hydrogen-bond acceptors (Lipinski definition) is 2. The summed E-state index contributed by atoms with van der Waals surface area (Å²) in [5.41, 5.74) is 7.16. The van der Waals surface area contributed by atoms with Crippen LogP contribution in [0.25, 0.3) is 6.08 Å². The van der Waals surface area contributed by atoms with E-state index in [0.29, 0.717) is 6.04 Å². The van der Waals surface area contributed by atoms with Crippen molar-refractivity contribution >= 4 is 33.3 Å². The summed E-state index contributed by atoms with van der Waals surface area (Å²) in [6.07, 6.45) is 4.40. The molecule has 1 aliphatic carbocycles. The van der Waals surface area contributed by atoms with E-state index in [9.17, 15) is 0 Å². The second-order valence-electron chi connectivity index (χ2n) is 3.10. The Kier molecular flexibility index (Phi) is 2.35. The van der Waals surface area contributed by atoms with Crippen LogP contribution in [-0.4, -0.2) is 6.04 Å². The lowest BCUT2D eigenvalue weighted by molar-refractivity contribution is 0.547. The van der Waals surface area contributed by atoms with Gasteiger partial charge in [0.2, 0.25) is 0 Å². The van der Waals surface area contributed by atoms with Crippen LogP contribution in [0.4, 0.5) is 0 Å². The standard InChI is InChI=1S/C9H10BrNS/c10-8-1-2-12-9(8)5-6-3-7(11)4-6/h1-2,5,7H,3-4,11H2. The number of rotatable bonds is 1. The zero-order valence-corrected chi connectivity index (χ0v) is 8.99. The van der Waals surface area contributed by atoms with E-state index in [2.05, 4.69) is 33.5 Å². The van der Waals surface area contributed by atoms with Gasteiger partial charge in [0.1, 0.15) is 0 Å². The van der Waals surface area contributed by atoms with Gasteiger partial charge in [0.15, 0.2) is 0 Å². The van der Waals surface area contributed by atoms with E-state index in [4.69, 9.17) is 5.73 Å². The van der Waals surface area contributed by atoms with Crippen LogP contribution in [0.3, 0.4) is 0 Å². The molecular formula is C9H10BrNS. The Morgan fingerprint density at radius 1 is 1.58 bits per heavy atom. The number of thiophene rings is 1. The van der Waals surface area contributed by atoms with Crippen molar-refractivity contribution in [2.45, 2.75) is 18.9 Å². The molecule has 12 heavy (non-hydrogen) atoms. The molecule has 0 aromatic carbocycles. The van der Waals surface area contributed by atoms with Crippen molar-refractivity contribution in [3.8, 4) is 0 Å². The van der Waals surface area contributed by atoms with Crippen LogP contribution in [-0.2, 0) is 0 Å². The zero-order chi connectivity index (χ0) is 8.55. The van der Waals surface area contributed by atoms with Gasteiger partial charge in [-0.3, -0.25) is 0 Å². The van der Waals surface area contributed by atoms with Gasteiger partial charge in [-0.15, -0.1) is 11.3 Å². The first-order valence-electron chi connectivity index (χ1n) is 3.94. The molecule has 1 nitrogen and oxygen atoms in total. The molecule has 0 aliphatic heterocycles. The van der Waals surface area contributed by atoms with Crippen LogP contribution >= 0.6 is 27.3 Å². The molecule has 2 rings (SSSR count). The number of halogens is 1. The molecule has 1 aromatic rings. The molecule has 1 aliphatic rings. The van der Waals surface area contributed by atoms with Crippen molar-refractivity contribution in [3.05, 3.63) is 26.4 Å². The van der Waals surface area contributed by atoms with Gasteiger partial charge in [-0.1, -0.05) is 5.57 Å². The van der Waals surface area contributed by atoms with E-state index >= 15 is 0 Å². The van der Waals surface area contributed by atoms with Crippen molar-refractivity contribution < 1.29 is 0 Å². The maximum atomic E-state index is 5.69. The Labute approximate surface area is 84.4 Å². The molecule has 0 unspecified atom stereocenters. The summed E-state index contributed by atoms with van der Waals surface area (Å²) >= 11 is 5.26. The average Bonchev–Trinajstić information content (AvgIpc) is 2.33. The molecular weight excluding hydrogens is 234 g/mol. The minimum absolute atomic E-state index is 0.412. The van der Waals surface area contributed by atoms with Crippen LogP contribution in [0.15, 0.2) is 21.5 Å². The van der Waals surface area contributed by atoms with E-state index in [1.807, 2.05) is 0 Å². The normalized spacial score (nSPS) is 22.2. The third-order valence-corrected chi connectivity index (χ3v) is 3.85. The quantitative estimate of drug-likeness (QED) is 0.807. The third-order valence-electron chi connectivity index (χ3n) is 2.03.